The zero-order valence-corrected chi connectivity index (χ0v) is 17.6. The van der Waals surface area contributed by atoms with E-state index in [1.807, 2.05) is 20.8 Å². The number of halogens is 1. The Balaban J connectivity index is 1.77. The van der Waals surface area contributed by atoms with Gasteiger partial charge in [0.05, 0.1) is 0 Å². The monoisotopic (exact) mass is 421 g/mol. The zero-order valence-electron chi connectivity index (χ0n) is 17.6. The summed E-state index contributed by atoms with van der Waals surface area (Å²) in [6.45, 7) is 5.43. The van der Waals surface area contributed by atoms with Gasteiger partial charge in [0, 0.05) is 35.1 Å². The van der Waals surface area contributed by atoms with Gasteiger partial charge in [-0.15, -0.1) is 0 Å². The summed E-state index contributed by atoms with van der Waals surface area (Å²) < 4.78 is 15.1. The van der Waals surface area contributed by atoms with Gasteiger partial charge in [-0.25, -0.2) is 4.39 Å². The maximum Gasteiger partial charge on any atom is 0.267 e. The Labute approximate surface area is 179 Å². The highest BCUT2D eigenvalue weighted by atomic mass is 19.1. The first-order valence-electron chi connectivity index (χ1n) is 9.82. The number of amides is 2. The van der Waals surface area contributed by atoms with Crippen molar-refractivity contribution >= 4 is 17.5 Å². The van der Waals surface area contributed by atoms with Crippen LogP contribution in [0.25, 0.3) is 5.69 Å². The van der Waals surface area contributed by atoms with Crippen LogP contribution in [-0.4, -0.2) is 16.4 Å². The number of nitrogens with one attached hydrogen (secondary N) is 2. The topological polar surface area (TPSA) is 80.2 Å². The minimum Gasteiger partial charge on any atom is -0.348 e. The van der Waals surface area contributed by atoms with Gasteiger partial charge in [-0.05, 0) is 42.5 Å². The molecule has 0 atom stereocenters. The molecule has 1 heterocycles. The standard InChI is InChI=1S/C24H24FN3O3/c1-24(2,3)23(31)27-17-10-12-18(13-11-17)28-14-6-8-19(22(28)30)21(29)26-15-16-7-4-5-9-20(16)25/h4-14H,15H2,1-3H3,(H,26,29)(H,27,31). The van der Waals surface area contributed by atoms with Gasteiger partial charge in [0.2, 0.25) is 5.91 Å². The number of benzene rings is 2. The highest BCUT2D eigenvalue weighted by Crippen LogP contribution is 2.18. The minimum atomic E-state index is -0.586. The number of carbonyl (C=O) groups excluding carboxylic acids is 2. The van der Waals surface area contributed by atoms with Crippen LogP contribution in [0.4, 0.5) is 10.1 Å². The molecule has 160 valence electrons. The van der Waals surface area contributed by atoms with E-state index in [0.29, 0.717) is 16.9 Å². The molecule has 0 saturated heterocycles. The smallest absolute Gasteiger partial charge is 0.267 e. The van der Waals surface area contributed by atoms with Gasteiger partial charge in [-0.1, -0.05) is 39.0 Å². The fraction of sp³-hybridized carbons (Fsp3) is 0.208. The fourth-order valence-corrected chi connectivity index (χ4v) is 2.81. The lowest BCUT2D eigenvalue weighted by Crippen LogP contribution is -2.32. The summed E-state index contributed by atoms with van der Waals surface area (Å²) in [6, 6.07) is 15.9. The van der Waals surface area contributed by atoms with Gasteiger partial charge >= 0.3 is 0 Å². The van der Waals surface area contributed by atoms with Gasteiger partial charge in [-0.2, -0.15) is 0 Å². The van der Waals surface area contributed by atoms with Crippen molar-refractivity contribution in [1.82, 2.24) is 9.88 Å². The number of aromatic nitrogens is 1. The van der Waals surface area contributed by atoms with Crippen molar-refractivity contribution in [3.63, 3.8) is 0 Å². The Morgan fingerprint density at radius 2 is 1.65 bits per heavy atom. The van der Waals surface area contributed by atoms with Gasteiger partial charge in [0.25, 0.3) is 11.5 Å². The van der Waals surface area contributed by atoms with E-state index in [4.69, 9.17) is 0 Å². The molecule has 2 N–H and O–H groups in total. The highest BCUT2D eigenvalue weighted by molar-refractivity contribution is 5.95. The van der Waals surface area contributed by atoms with Gasteiger partial charge < -0.3 is 10.6 Å². The number of carbonyl (C=O) groups is 2. The predicted molar refractivity (Wildman–Crippen MR) is 118 cm³/mol. The van der Waals surface area contributed by atoms with Crippen molar-refractivity contribution < 1.29 is 14.0 Å². The number of rotatable bonds is 5. The van der Waals surface area contributed by atoms with Crippen LogP contribution in [0.2, 0.25) is 0 Å². The molecule has 3 aromatic rings. The lowest BCUT2D eigenvalue weighted by atomic mass is 9.95. The molecule has 31 heavy (non-hydrogen) atoms. The molecule has 2 aromatic carbocycles. The summed E-state index contributed by atoms with van der Waals surface area (Å²) in [5.74, 6) is -1.13. The summed E-state index contributed by atoms with van der Waals surface area (Å²) in [5, 5.41) is 5.40. The van der Waals surface area contributed by atoms with Crippen LogP contribution in [0.1, 0.15) is 36.7 Å². The molecule has 0 aliphatic carbocycles. The third-order valence-corrected chi connectivity index (χ3v) is 4.67. The van der Waals surface area contributed by atoms with E-state index in [9.17, 15) is 18.8 Å². The first-order valence-corrected chi connectivity index (χ1v) is 9.82. The second-order valence-corrected chi connectivity index (χ2v) is 8.12. The fourth-order valence-electron chi connectivity index (χ4n) is 2.81. The quantitative estimate of drug-likeness (QED) is 0.656. The Hall–Kier alpha value is -3.74. The molecule has 2 amide bonds. The molecular weight excluding hydrogens is 397 g/mol. The van der Waals surface area contributed by atoms with Gasteiger partial charge in [-0.3, -0.25) is 19.0 Å². The summed E-state index contributed by atoms with van der Waals surface area (Å²) in [4.78, 5) is 37.5. The van der Waals surface area contributed by atoms with Crippen molar-refractivity contribution in [2.75, 3.05) is 5.32 Å². The maximum atomic E-state index is 13.7. The minimum absolute atomic E-state index is 0.0258. The second kappa shape index (κ2) is 8.95. The molecule has 1 aromatic heterocycles. The van der Waals surface area contributed by atoms with E-state index >= 15 is 0 Å². The van der Waals surface area contributed by atoms with Crippen LogP contribution in [0.3, 0.4) is 0 Å². The van der Waals surface area contributed by atoms with E-state index in [2.05, 4.69) is 10.6 Å². The first kappa shape index (κ1) is 22.0. The molecule has 0 radical (unpaired) electrons. The number of hydrogen-bond acceptors (Lipinski definition) is 3. The van der Waals surface area contributed by atoms with Gasteiger partial charge in [0.1, 0.15) is 11.4 Å². The van der Waals surface area contributed by atoms with E-state index in [1.165, 1.54) is 16.7 Å². The summed E-state index contributed by atoms with van der Waals surface area (Å²) in [5.41, 5.74) is 0.405. The normalized spacial score (nSPS) is 11.1. The molecule has 0 aliphatic rings. The third-order valence-electron chi connectivity index (χ3n) is 4.67. The maximum absolute atomic E-state index is 13.7. The SMILES string of the molecule is CC(C)(C)C(=O)Nc1ccc(-n2cccc(C(=O)NCc3ccccc3F)c2=O)cc1. The second-order valence-electron chi connectivity index (χ2n) is 8.12. The Bertz CT molecular complexity index is 1160. The molecule has 0 saturated carbocycles. The number of pyridine rings is 1. The van der Waals surface area contributed by atoms with Crippen LogP contribution >= 0.6 is 0 Å². The Morgan fingerprint density at radius 3 is 2.29 bits per heavy atom. The Morgan fingerprint density at radius 1 is 0.968 bits per heavy atom. The molecule has 6 nitrogen and oxygen atoms in total. The average molecular weight is 421 g/mol. The van der Waals surface area contributed by atoms with E-state index < -0.39 is 22.7 Å². The lowest BCUT2D eigenvalue weighted by molar-refractivity contribution is -0.123. The van der Waals surface area contributed by atoms with E-state index in [1.54, 1.807) is 54.7 Å². The highest BCUT2D eigenvalue weighted by Gasteiger charge is 2.21. The molecule has 0 fully saturated rings. The van der Waals surface area contributed by atoms with Crippen LogP contribution in [-0.2, 0) is 11.3 Å². The van der Waals surface area contributed by atoms with Crippen molar-refractivity contribution in [3.8, 4) is 5.69 Å². The predicted octanol–water partition coefficient (Wildman–Crippen LogP) is 3.89. The lowest BCUT2D eigenvalue weighted by Gasteiger charge is -2.18. The van der Waals surface area contributed by atoms with Crippen LogP contribution < -0.4 is 16.2 Å². The average Bonchev–Trinajstić information content (AvgIpc) is 2.73. The summed E-state index contributed by atoms with van der Waals surface area (Å²) >= 11 is 0. The number of nitrogens with zero attached hydrogens (tertiary/aromatic N) is 1. The molecule has 0 unspecified atom stereocenters. The summed E-state index contributed by atoms with van der Waals surface area (Å²) in [6.07, 6.45) is 1.55. The van der Waals surface area contributed by atoms with Gasteiger partial charge in [0.15, 0.2) is 0 Å². The van der Waals surface area contributed by atoms with Crippen molar-refractivity contribution in [3.05, 3.63) is 94.2 Å². The number of hydrogen-bond donors (Lipinski definition) is 2. The number of anilines is 1. The molecule has 0 spiro atoms. The van der Waals surface area contributed by atoms with Crippen molar-refractivity contribution in [2.45, 2.75) is 27.3 Å². The van der Waals surface area contributed by atoms with Crippen LogP contribution in [0.15, 0.2) is 71.7 Å². The van der Waals surface area contributed by atoms with Crippen molar-refractivity contribution in [1.29, 1.82) is 0 Å². The molecule has 0 bridgehead atoms. The largest absolute Gasteiger partial charge is 0.348 e. The van der Waals surface area contributed by atoms with E-state index in [-0.39, 0.29) is 18.0 Å². The third kappa shape index (κ3) is 5.25. The van der Waals surface area contributed by atoms with Crippen molar-refractivity contribution in [2.24, 2.45) is 5.41 Å². The van der Waals surface area contributed by atoms with Crippen LogP contribution in [0.5, 0.6) is 0 Å². The Kier molecular flexibility index (Phi) is 6.34. The zero-order chi connectivity index (χ0) is 22.6. The van der Waals surface area contributed by atoms with Crippen LogP contribution in [0, 0.1) is 11.2 Å². The molecule has 3 rings (SSSR count). The molecule has 0 aliphatic heterocycles. The van der Waals surface area contributed by atoms with E-state index in [0.717, 1.165) is 0 Å². The first-order chi connectivity index (χ1) is 14.7. The molecular formula is C24H24FN3O3. The summed E-state index contributed by atoms with van der Waals surface area (Å²) in [7, 11) is 0. The molecule has 7 heteroatoms.